The highest BCUT2D eigenvalue weighted by molar-refractivity contribution is 7.98. The maximum absolute atomic E-state index is 10.5. The molecule has 1 aliphatic rings. The molecule has 1 saturated heterocycles. The van der Waals surface area contributed by atoms with Gasteiger partial charge in [0.05, 0.1) is 0 Å². The van der Waals surface area contributed by atoms with E-state index in [1.165, 1.54) is 18.6 Å². The summed E-state index contributed by atoms with van der Waals surface area (Å²) < 4.78 is 0. The van der Waals surface area contributed by atoms with E-state index in [4.69, 9.17) is 5.11 Å². The highest BCUT2D eigenvalue weighted by Gasteiger charge is 2.23. The van der Waals surface area contributed by atoms with E-state index in [0.29, 0.717) is 12.3 Å². The first kappa shape index (κ1) is 12.8. The van der Waals surface area contributed by atoms with Crippen LogP contribution in [0, 0.1) is 5.92 Å². The van der Waals surface area contributed by atoms with Gasteiger partial charge in [-0.2, -0.15) is 11.8 Å². The minimum absolute atomic E-state index is 0.349. The maximum Gasteiger partial charge on any atom is 0.303 e. The van der Waals surface area contributed by atoms with Gasteiger partial charge in [-0.05, 0) is 50.3 Å². The average molecular weight is 231 g/mol. The third-order valence-electron chi connectivity index (χ3n) is 2.91. The molecule has 88 valence electrons. The van der Waals surface area contributed by atoms with Crippen molar-refractivity contribution in [3.8, 4) is 0 Å². The fraction of sp³-hybridized carbons (Fsp3) is 0.909. The van der Waals surface area contributed by atoms with Crippen molar-refractivity contribution in [2.24, 2.45) is 5.92 Å². The topological polar surface area (TPSA) is 40.5 Å². The van der Waals surface area contributed by atoms with Crippen LogP contribution in [-0.4, -0.2) is 47.6 Å². The number of likely N-dealkylation sites (tertiary alicyclic amines) is 1. The van der Waals surface area contributed by atoms with Crippen LogP contribution in [0.2, 0.25) is 0 Å². The normalized spacial score (nSPS) is 22.1. The van der Waals surface area contributed by atoms with Crippen LogP contribution < -0.4 is 0 Å². The van der Waals surface area contributed by atoms with E-state index in [1.54, 1.807) is 0 Å². The van der Waals surface area contributed by atoms with E-state index in [-0.39, 0.29) is 0 Å². The van der Waals surface area contributed by atoms with Crippen LogP contribution in [-0.2, 0) is 4.79 Å². The van der Waals surface area contributed by atoms with Gasteiger partial charge in [-0.3, -0.25) is 4.79 Å². The van der Waals surface area contributed by atoms with Crippen molar-refractivity contribution in [3.05, 3.63) is 0 Å². The zero-order valence-corrected chi connectivity index (χ0v) is 10.3. The summed E-state index contributed by atoms with van der Waals surface area (Å²) in [5.41, 5.74) is 0. The zero-order valence-electron chi connectivity index (χ0n) is 9.45. The molecule has 4 heteroatoms. The molecule has 0 saturated carbocycles. The maximum atomic E-state index is 10.5. The summed E-state index contributed by atoms with van der Waals surface area (Å²) >= 11 is 1.90. The molecule has 1 aliphatic heterocycles. The summed E-state index contributed by atoms with van der Waals surface area (Å²) in [5, 5.41) is 8.68. The Labute approximate surface area is 96.2 Å². The number of rotatable bonds is 7. The predicted octanol–water partition coefficient (Wildman–Crippen LogP) is 1.93. The van der Waals surface area contributed by atoms with Crippen LogP contribution in [0.3, 0.4) is 0 Å². The molecule has 0 radical (unpaired) electrons. The molecule has 1 rings (SSSR count). The second-order valence-corrected chi connectivity index (χ2v) is 5.24. The van der Waals surface area contributed by atoms with Gasteiger partial charge in [0.25, 0.3) is 0 Å². The van der Waals surface area contributed by atoms with Crippen molar-refractivity contribution in [2.75, 3.05) is 31.6 Å². The molecule has 0 aliphatic carbocycles. The Morgan fingerprint density at radius 3 is 3.00 bits per heavy atom. The van der Waals surface area contributed by atoms with Crippen molar-refractivity contribution in [1.82, 2.24) is 4.90 Å². The van der Waals surface area contributed by atoms with Gasteiger partial charge in [-0.1, -0.05) is 0 Å². The number of carboxylic acid groups (broad SMARTS) is 1. The van der Waals surface area contributed by atoms with E-state index >= 15 is 0 Å². The first-order valence-corrected chi connectivity index (χ1v) is 7.05. The molecular formula is C11H21NO2S. The first-order valence-electron chi connectivity index (χ1n) is 5.65. The quantitative estimate of drug-likeness (QED) is 0.680. The van der Waals surface area contributed by atoms with Crippen molar-refractivity contribution in [1.29, 1.82) is 0 Å². The Hall–Kier alpha value is -0.220. The predicted molar refractivity (Wildman–Crippen MR) is 64.4 cm³/mol. The summed E-state index contributed by atoms with van der Waals surface area (Å²) in [6.07, 6.45) is 6.08. The molecule has 0 bridgehead atoms. The lowest BCUT2D eigenvalue weighted by molar-refractivity contribution is -0.138. The first-order chi connectivity index (χ1) is 7.22. The van der Waals surface area contributed by atoms with Crippen LogP contribution >= 0.6 is 11.8 Å². The number of thioether (sulfide) groups is 1. The highest BCUT2D eigenvalue weighted by Crippen LogP contribution is 2.19. The van der Waals surface area contributed by atoms with Crippen molar-refractivity contribution >= 4 is 17.7 Å². The van der Waals surface area contributed by atoms with Crippen LogP contribution in [0.15, 0.2) is 0 Å². The van der Waals surface area contributed by atoms with E-state index in [2.05, 4.69) is 11.2 Å². The fourth-order valence-electron chi connectivity index (χ4n) is 2.11. The van der Waals surface area contributed by atoms with Gasteiger partial charge in [-0.25, -0.2) is 0 Å². The van der Waals surface area contributed by atoms with Gasteiger partial charge in [0.15, 0.2) is 0 Å². The van der Waals surface area contributed by atoms with E-state index < -0.39 is 5.97 Å². The van der Waals surface area contributed by atoms with Crippen molar-refractivity contribution < 1.29 is 9.90 Å². The summed E-state index contributed by atoms with van der Waals surface area (Å²) in [5.74, 6) is 0.985. The van der Waals surface area contributed by atoms with Gasteiger partial charge in [0.2, 0.25) is 0 Å². The Kier molecular flexibility index (Phi) is 6.10. The lowest BCUT2D eigenvalue weighted by Crippen LogP contribution is -2.22. The Morgan fingerprint density at radius 1 is 1.53 bits per heavy atom. The number of nitrogens with zero attached hydrogens (tertiary/aromatic N) is 1. The number of carboxylic acids is 1. The van der Waals surface area contributed by atoms with Gasteiger partial charge in [0, 0.05) is 13.0 Å². The largest absolute Gasteiger partial charge is 0.481 e. The molecule has 0 aromatic heterocycles. The summed E-state index contributed by atoms with van der Waals surface area (Å²) in [6.45, 7) is 3.24. The van der Waals surface area contributed by atoms with Crippen LogP contribution in [0.5, 0.6) is 0 Å². The van der Waals surface area contributed by atoms with Crippen molar-refractivity contribution in [3.63, 3.8) is 0 Å². The monoisotopic (exact) mass is 231 g/mol. The smallest absolute Gasteiger partial charge is 0.303 e. The summed E-state index contributed by atoms with van der Waals surface area (Å²) in [7, 11) is 0. The van der Waals surface area contributed by atoms with E-state index in [1.807, 2.05) is 11.8 Å². The van der Waals surface area contributed by atoms with Crippen LogP contribution in [0.4, 0.5) is 0 Å². The zero-order chi connectivity index (χ0) is 11.1. The lowest BCUT2D eigenvalue weighted by atomic mass is 10.1. The number of unbranched alkanes of at least 4 members (excludes halogenated alkanes) is 1. The van der Waals surface area contributed by atoms with Gasteiger partial charge in [-0.15, -0.1) is 0 Å². The molecule has 1 fully saturated rings. The average Bonchev–Trinajstić information content (AvgIpc) is 2.59. The van der Waals surface area contributed by atoms with Gasteiger partial charge >= 0.3 is 5.97 Å². The summed E-state index contributed by atoms with van der Waals surface area (Å²) in [6, 6.07) is 0. The van der Waals surface area contributed by atoms with Crippen LogP contribution in [0.25, 0.3) is 0 Å². The molecule has 0 aromatic rings. The minimum Gasteiger partial charge on any atom is -0.481 e. The minimum atomic E-state index is -0.649. The fourth-order valence-corrected chi connectivity index (χ4v) is 2.60. The molecule has 1 heterocycles. The third kappa shape index (κ3) is 5.42. The molecular weight excluding hydrogens is 210 g/mol. The SMILES string of the molecule is CSCCCCN1CCC(CC(=O)O)C1. The number of aliphatic carboxylic acids is 1. The molecule has 3 nitrogen and oxygen atoms in total. The highest BCUT2D eigenvalue weighted by atomic mass is 32.2. The van der Waals surface area contributed by atoms with Crippen molar-refractivity contribution in [2.45, 2.75) is 25.7 Å². The van der Waals surface area contributed by atoms with Gasteiger partial charge < -0.3 is 10.0 Å². The molecule has 0 spiro atoms. The number of carbonyl (C=O) groups is 1. The summed E-state index contributed by atoms with van der Waals surface area (Å²) in [4.78, 5) is 13.0. The van der Waals surface area contributed by atoms with Gasteiger partial charge in [0.1, 0.15) is 0 Å². The molecule has 0 amide bonds. The molecule has 1 N–H and O–H groups in total. The second kappa shape index (κ2) is 7.12. The Morgan fingerprint density at radius 2 is 2.33 bits per heavy atom. The molecule has 1 unspecified atom stereocenters. The molecule has 0 aromatic carbocycles. The van der Waals surface area contributed by atoms with E-state index in [0.717, 1.165) is 26.1 Å². The molecule has 1 atom stereocenters. The Bertz CT molecular complexity index is 199. The number of hydrogen-bond acceptors (Lipinski definition) is 3. The Balaban J connectivity index is 2.05. The standard InChI is InChI=1S/C11H21NO2S/c1-15-7-3-2-5-12-6-4-10(9-12)8-11(13)14/h10H,2-9H2,1H3,(H,13,14). The second-order valence-electron chi connectivity index (χ2n) is 4.25. The number of hydrogen-bond donors (Lipinski definition) is 1. The lowest BCUT2D eigenvalue weighted by Gasteiger charge is -2.14. The molecule has 15 heavy (non-hydrogen) atoms. The third-order valence-corrected chi connectivity index (χ3v) is 3.60. The van der Waals surface area contributed by atoms with Crippen LogP contribution in [0.1, 0.15) is 25.7 Å². The van der Waals surface area contributed by atoms with E-state index in [9.17, 15) is 4.79 Å².